The molecule has 0 bridgehead atoms. The van der Waals surface area contributed by atoms with Gasteiger partial charge in [0.15, 0.2) is 0 Å². The van der Waals surface area contributed by atoms with Crippen molar-refractivity contribution in [2.45, 2.75) is 25.5 Å². The quantitative estimate of drug-likeness (QED) is 0.863. The molecule has 0 aromatic heterocycles. The van der Waals surface area contributed by atoms with Gasteiger partial charge in [0.05, 0.1) is 6.20 Å². The van der Waals surface area contributed by atoms with Crippen molar-refractivity contribution in [1.82, 2.24) is 21.0 Å². The molecule has 2 heterocycles. The molecular formula is C15H18N4O4. The zero-order chi connectivity index (χ0) is 16.1. The van der Waals surface area contributed by atoms with Gasteiger partial charge in [-0.25, -0.2) is 10.2 Å². The number of likely N-dealkylation sites (tertiary alicyclic amines) is 1. The second-order valence-corrected chi connectivity index (χ2v) is 5.20. The monoisotopic (exact) mass is 318 g/mol. The summed E-state index contributed by atoms with van der Waals surface area (Å²) in [4.78, 5) is 30.9. The number of amides is 2. The summed E-state index contributed by atoms with van der Waals surface area (Å²) in [5, 5.41) is 1.08. The first kappa shape index (κ1) is 15.2. The molecule has 1 atom stereocenters. The summed E-state index contributed by atoms with van der Waals surface area (Å²) >= 11 is 0. The molecule has 1 unspecified atom stereocenters. The first-order valence-corrected chi connectivity index (χ1v) is 7.40. The van der Waals surface area contributed by atoms with Crippen LogP contribution in [0.15, 0.2) is 42.8 Å². The molecule has 1 saturated heterocycles. The highest BCUT2D eigenvalue weighted by molar-refractivity contribution is 5.85. The van der Waals surface area contributed by atoms with Gasteiger partial charge in [-0.15, -0.1) is 0 Å². The van der Waals surface area contributed by atoms with Crippen molar-refractivity contribution in [3.8, 4) is 0 Å². The number of nitrogens with zero attached hydrogens (tertiary/aromatic N) is 2. The van der Waals surface area contributed by atoms with E-state index in [1.165, 1.54) is 17.4 Å². The number of hydrogen-bond acceptors (Lipinski definition) is 6. The van der Waals surface area contributed by atoms with Crippen molar-refractivity contribution < 1.29 is 19.2 Å². The third-order valence-corrected chi connectivity index (χ3v) is 3.63. The largest absolute Gasteiger partial charge is 0.445 e. The highest BCUT2D eigenvalue weighted by atomic mass is 16.7. The molecule has 0 saturated carbocycles. The van der Waals surface area contributed by atoms with Crippen LogP contribution < -0.4 is 10.9 Å². The van der Waals surface area contributed by atoms with E-state index in [4.69, 9.17) is 9.57 Å². The topological polar surface area (TPSA) is 83.1 Å². The predicted molar refractivity (Wildman–Crippen MR) is 79.7 cm³/mol. The zero-order valence-corrected chi connectivity index (χ0v) is 12.5. The van der Waals surface area contributed by atoms with Gasteiger partial charge in [-0.05, 0) is 18.4 Å². The van der Waals surface area contributed by atoms with E-state index in [9.17, 15) is 9.59 Å². The minimum absolute atomic E-state index is 0.186. The molecule has 1 aromatic carbocycles. The van der Waals surface area contributed by atoms with Crippen molar-refractivity contribution in [3.05, 3.63) is 48.4 Å². The summed E-state index contributed by atoms with van der Waals surface area (Å²) in [6, 6.07) is 8.86. The van der Waals surface area contributed by atoms with Crippen molar-refractivity contribution >= 4 is 12.0 Å². The molecule has 3 rings (SSSR count). The van der Waals surface area contributed by atoms with Gasteiger partial charge in [0.25, 0.3) is 5.91 Å². The van der Waals surface area contributed by atoms with E-state index >= 15 is 0 Å². The number of nitrogens with one attached hydrogen (secondary N) is 2. The first-order chi connectivity index (χ1) is 11.2. The Morgan fingerprint density at radius 2 is 2.17 bits per heavy atom. The summed E-state index contributed by atoms with van der Waals surface area (Å²) in [7, 11) is 0. The highest BCUT2D eigenvalue weighted by Crippen LogP contribution is 2.19. The van der Waals surface area contributed by atoms with E-state index in [2.05, 4.69) is 10.9 Å². The van der Waals surface area contributed by atoms with Crippen molar-refractivity contribution in [2.24, 2.45) is 0 Å². The van der Waals surface area contributed by atoms with Crippen LogP contribution in [-0.4, -0.2) is 34.8 Å². The molecular weight excluding hydrogens is 300 g/mol. The van der Waals surface area contributed by atoms with E-state index in [0.717, 1.165) is 17.3 Å². The third kappa shape index (κ3) is 3.72. The Morgan fingerprint density at radius 3 is 2.91 bits per heavy atom. The number of rotatable bonds is 4. The molecule has 2 aliphatic heterocycles. The maximum Gasteiger partial charge on any atom is 0.410 e. The van der Waals surface area contributed by atoms with Crippen molar-refractivity contribution in [1.29, 1.82) is 0 Å². The fraction of sp³-hybridized carbons (Fsp3) is 0.333. The number of hydrazine groups is 2. The second-order valence-electron chi connectivity index (χ2n) is 5.20. The summed E-state index contributed by atoms with van der Waals surface area (Å²) in [5.41, 5.74) is 6.10. The van der Waals surface area contributed by atoms with E-state index in [1.807, 2.05) is 30.3 Å². The van der Waals surface area contributed by atoms with Crippen LogP contribution in [0.2, 0.25) is 0 Å². The van der Waals surface area contributed by atoms with Gasteiger partial charge < -0.3 is 9.57 Å². The van der Waals surface area contributed by atoms with Crippen LogP contribution in [-0.2, 0) is 21.0 Å². The molecule has 0 aliphatic carbocycles. The number of carbonyl (C=O) groups is 2. The maximum absolute atomic E-state index is 12.2. The van der Waals surface area contributed by atoms with Gasteiger partial charge in [-0.2, -0.15) is 0 Å². The summed E-state index contributed by atoms with van der Waals surface area (Å²) in [6.07, 6.45) is 3.78. The van der Waals surface area contributed by atoms with Gasteiger partial charge in [0.2, 0.25) is 0 Å². The molecule has 23 heavy (non-hydrogen) atoms. The Labute approximate surface area is 133 Å². The van der Waals surface area contributed by atoms with Crippen LogP contribution in [0.1, 0.15) is 18.4 Å². The average molecular weight is 318 g/mol. The van der Waals surface area contributed by atoms with Gasteiger partial charge in [-0.3, -0.25) is 15.1 Å². The third-order valence-electron chi connectivity index (χ3n) is 3.63. The van der Waals surface area contributed by atoms with Crippen LogP contribution in [0.4, 0.5) is 4.79 Å². The van der Waals surface area contributed by atoms with Gasteiger partial charge >= 0.3 is 6.09 Å². The molecule has 2 amide bonds. The second kappa shape index (κ2) is 7.01. The summed E-state index contributed by atoms with van der Waals surface area (Å²) in [5.74, 6) is -0.324. The minimum Gasteiger partial charge on any atom is -0.445 e. The summed E-state index contributed by atoms with van der Waals surface area (Å²) in [6.45, 7) is 0.684. The molecule has 0 radical (unpaired) electrons. The Bertz CT molecular complexity index is 584. The number of ether oxygens (including phenoxy) is 1. The molecule has 1 fully saturated rings. The van der Waals surface area contributed by atoms with Crippen LogP contribution in [0.25, 0.3) is 0 Å². The van der Waals surface area contributed by atoms with E-state index in [1.54, 1.807) is 0 Å². The van der Waals surface area contributed by atoms with E-state index in [-0.39, 0.29) is 12.5 Å². The fourth-order valence-corrected chi connectivity index (χ4v) is 2.51. The molecule has 8 nitrogen and oxygen atoms in total. The van der Waals surface area contributed by atoms with E-state index < -0.39 is 12.1 Å². The average Bonchev–Trinajstić information content (AvgIpc) is 3.24. The van der Waals surface area contributed by atoms with Crippen LogP contribution in [0.5, 0.6) is 0 Å². The SMILES string of the molecule is O=C(NN1NC=CO1)C1CCCN1C(=O)OCc1ccccc1. The molecule has 8 heteroatoms. The predicted octanol–water partition coefficient (Wildman–Crippen LogP) is 1.04. The minimum atomic E-state index is -0.565. The Kier molecular flexibility index (Phi) is 4.62. The lowest BCUT2D eigenvalue weighted by atomic mass is 10.2. The lowest BCUT2D eigenvalue weighted by molar-refractivity contribution is -0.174. The molecule has 2 aliphatic rings. The van der Waals surface area contributed by atoms with Crippen molar-refractivity contribution in [3.63, 3.8) is 0 Å². The number of hydrogen-bond donors (Lipinski definition) is 2. The highest BCUT2D eigenvalue weighted by Gasteiger charge is 2.36. The smallest absolute Gasteiger partial charge is 0.410 e. The van der Waals surface area contributed by atoms with Crippen LogP contribution in [0.3, 0.4) is 0 Å². The standard InChI is InChI=1S/C15H18N4O4/c20-14(17-19-16-8-10-23-19)13-7-4-9-18(13)15(21)22-11-12-5-2-1-3-6-12/h1-3,5-6,8,10,13,16H,4,7,9,11H2,(H,17,20). The maximum atomic E-state index is 12.2. The number of benzene rings is 1. The molecule has 0 spiro atoms. The van der Waals surface area contributed by atoms with Gasteiger partial charge in [0.1, 0.15) is 18.9 Å². The Hall–Kier alpha value is -2.74. The van der Waals surface area contributed by atoms with Gasteiger partial charge in [0, 0.05) is 11.8 Å². The van der Waals surface area contributed by atoms with Gasteiger partial charge in [-0.1, -0.05) is 30.3 Å². The van der Waals surface area contributed by atoms with Crippen LogP contribution >= 0.6 is 0 Å². The Balaban J connectivity index is 1.53. The van der Waals surface area contributed by atoms with Crippen LogP contribution in [0, 0.1) is 0 Å². The zero-order valence-electron chi connectivity index (χ0n) is 12.5. The van der Waals surface area contributed by atoms with Crippen molar-refractivity contribution in [2.75, 3.05) is 6.54 Å². The lowest BCUT2D eigenvalue weighted by Crippen LogP contribution is -2.53. The molecule has 2 N–H and O–H groups in total. The number of carbonyl (C=O) groups excluding carboxylic acids is 2. The van der Waals surface area contributed by atoms with E-state index in [0.29, 0.717) is 13.0 Å². The molecule has 122 valence electrons. The Morgan fingerprint density at radius 1 is 1.35 bits per heavy atom. The lowest BCUT2D eigenvalue weighted by Gasteiger charge is -2.24. The fourth-order valence-electron chi connectivity index (χ4n) is 2.51. The molecule has 1 aromatic rings. The first-order valence-electron chi connectivity index (χ1n) is 7.40. The summed E-state index contributed by atoms with van der Waals surface area (Å²) < 4.78 is 5.30. The normalized spacial score (nSPS) is 20.0.